The number of carbonyl (C=O) groups excluding carboxylic acids is 6. The van der Waals surface area contributed by atoms with Crippen LogP contribution >= 0.6 is 11.6 Å². The smallest absolute Gasteiger partial charge is 0.416 e. The van der Waals surface area contributed by atoms with Crippen molar-refractivity contribution in [3.63, 3.8) is 0 Å². The number of aryl methyl sites for hydroxylation is 2. The first-order valence-corrected chi connectivity index (χ1v) is 26.3. The Morgan fingerprint density at radius 2 is 1.68 bits per heavy atom. The molecule has 1 fully saturated rings. The number of ether oxygens (including phenoxy) is 4. The van der Waals surface area contributed by atoms with E-state index in [-0.39, 0.29) is 61.0 Å². The van der Waals surface area contributed by atoms with Crippen LogP contribution in [-0.2, 0) is 43.2 Å². The van der Waals surface area contributed by atoms with E-state index in [0.717, 1.165) is 28.0 Å². The SMILES string of the molecule is C=CCOC(=O)N[C@@H](CCCCNC(=O)OC(C)(C)C)C(=O)Cc1ccc(COC(=O)N2c3cc(OCCCCC(=O)N4C[C@@H](CCl)c5c4cc(CC)c4ccccc54)c(C)cc3C(=O)N3CCC[C@H]3C2O)cc1. The first kappa shape index (κ1) is 55.1. The first-order chi connectivity index (χ1) is 35.5. The summed E-state index contributed by atoms with van der Waals surface area (Å²) in [5.41, 5.74) is 4.99. The van der Waals surface area contributed by atoms with Gasteiger partial charge in [0.15, 0.2) is 12.0 Å². The van der Waals surface area contributed by atoms with Crippen LogP contribution in [0.25, 0.3) is 10.8 Å². The Balaban J connectivity index is 0.962. The lowest BCUT2D eigenvalue weighted by atomic mass is 9.92. The van der Waals surface area contributed by atoms with Crippen molar-refractivity contribution in [1.82, 2.24) is 15.5 Å². The van der Waals surface area contributed by atoms with Gasteiger partial charge in [0, 0.05) is 56.0 Å². The van der Waals surface area contributed by atoms with Gasteiger partial charge in [-0.3, -0.25) is 14.4 Å². The Bertz CT molecular complexity index is 2710. The number of hydrogen-bond donors (Lipinski definition) is 3. The van der Waals surface area contributed by atoms with Crippen LogP contribution in [-0.4, -0.2) is 109 Å². The van der Waals surface area contributed by atoms with Gasteiger partial charge in [0.2, 0.25) is 5.91 Å². The molecule has 0 bridgehead atoms. The molecule has 0 spiro atoms. The Labute approximate surface area is 438 Å². The number of Topliss-reactive ketones (excluding diaryl/α,β-unsaturated/α-hetero) is 1. The van der Waals surface area contributed by atoms with Gasteiger partial charge in [-0.15, -0.1) is 11.6 Å². The molecule has 3 aliphatic rings. The van der Waals surface area contributed by atoms with E-state index >= 15 is 0 Å². The van der Waals surface area contributed by atoms with E-state index in [1.165, 1.54) is 17.0 Å². The fourth-order valence-corrected chi connectivity index (χ4v) is 10.3. The predicted octanol–water partition coefficient (Wildman–Crippen LogP) is 9.80. The maximum absolute atomic E-state index is 14.1. The Morgan fingerprint density at radius 3 is 2.39 bits per heavy atom. The molecule has 4 aromatic rings. The first-order valence-electron chi connectivity index (χ1n) is 25.8. The minimum Gasteiger partial charge on any atom is -0.493 e. The largest absolute Gasteiger partial charge is 0.493 e. The second-order valence-corrected chi connectivity index (χ2v) is 20.5. The number of amides is 5. The third-order valence-electron chi connectivity index (χ3n) is 13.7. The minimum atomic E-state index is -1.40. The van der Waals surface area contributed by atoms with Crippen LogP contribution in [0.5, 0.6) is 5.75 Å². The highest BCUT2D eigenvalue weighted by molar-refractivity contribution is 6.19. The molecule has 0 aliphatic carbocycles. The van der Waals surface area contributed by atoms with Crippen LogP contribution in [0, 0.1) is 6.92 Å². The number of aliphatic hydroxyl groups excluding tert-OH is 1. The van der Waals surface area contributed by atoms with Crippen LogP contribution in [0.15, 0.2) is 79.4 Å². The number of nitrogens with one attached hydrogen (secondary N) is 2. The third kappa shape index (κ3) is 13.4. The molecule has 5 amide bonds. The number of halogens is 1. The number of carbonyl (C=O) groups is 6. The van der Waals surface area contributed by atoms with Crippen molar-refractivity contribution >= 4 is 69.6 Å². The van der Waals surface area contributed by atoms with E-state index in [9.17, 15) is 33.9 Å². The minimum absolute atomic E-state index is 0.00603. The summed E-state index contributed by atoms with van der Waals surface area (Å²) in [5.74, 6) is 0.371. The van der Waals surface area contributed by atoms with Gasteiger partial charge in [-0.05, 0) is 130 Å². The van der Waals surface area contributed by atoms with Gasteiger partial charge in [0.05, 0.1) is 29.9 Å². The van der Waals surface area contributed by atoms with Crippen LogP contribution < -0.4 is 25.2 Å². The summed E-state index contributed by atoms with van der Waals surface area (Å²) < 4.78 is 22.5. The van der Waals surface area contributed by atoms with Gasteiger partial charge in [0.25, 0.3) is 5.91 Å². The van der Waals surface area contributed by atoms with Crippen molar-refractivity contribution in [3.8, 4) is 5.75 Å². The number of alkyl halides is 1. The normalized spacial score (nSPS) is 17.4. The number of fused-ring (bicyclic) bond motifs is 5. The molecule has 17 heteroatoms. The van der Waals surface area contributed by atoms with Crippen molar-refractivity contribution in [2.24, 2.45) is 0 Å². The fraction of sp³-hybridized carbons (Fsp3) is 0.474. The number of anilines is 2. The van der Waals surface area contributed by atoms with Crippen LogP contribution in [0.2, 0.25) is 0 Å². The number of ketones is 1. The van der Waals surface area contributed by atoms with E-state index in [1.54, 1.807) is 62.1 Å². The maximum atomic E-state index is 14.1. The van der Waals surface area contributed by atoms with E-state index in [1.807, 2.05) is 24.0 Å². The summed E-state index contributed by atoms with van der Waals surface area (Å²) in [6, 6.07) is 19.2. The zero-order chi connectivity index (χ0) is 53.1. The van der Waals surface area contributed by atoms with E-state index in [0.29, 0.717) is 99.3 Å². The highest BCUT2D eigenvalue weighted by Gasteiger charge is 2.45. The number of aliphatic hydroxyl groups is 1. The van der Waals surface area contributed by atoms with Crippen LogP contribution in [0.1, 0.15) is 123 Å². The number of rotatable bonds is 21. The van der Waals surface area contributed by atoms with Crippen molar-refractivity contribution in [2.45, 2.75) is 135 Å². The Hall–Kier alpha value is -6.65. The molecular formula is C57H70ClN5O11. The number of benzene rings is 4. The number of unbranched alkanes of at least 4 members (excludes halogenated alkanes) is 2. The summed E-state index contributed by atoms with van der Waals surface area (Å²) in [4.78, 5) is 84.6. The second kappa shape index (κ2) is 25.1. The molecule has 396 valence electrons. The molecule has 0 aromatic heterocycles. The second-order valence-electron chi connectivity index (χ2n) is 20.2. The lowest BCUT2D eigenvalue weighted by Gasteiger charge is -2.31. The Kier molecular flexibility index (Phi) is 18.7. The molecule has 16 nitrogen and oxygen atoms in total. The summed E-state index contributed by atoms with van der Waals surface area (Å²) in [6.45, 7) is 14.2. The molecule has 0 saturated carbocycles. The molecule has 0 radical (unpaired) electrons. The number of nitrogens with zero attached hydrogens (tertiary/aromatic N) is 3. The van der Waals surface area contributed by atoms with Gasteiger partial charge in [0.1, 0.15) is 24.6 Å². The van der Waals surface area contributed by atoms with Crippen molar-refractivity contribution in [2.75, 3.05) is 48.5 Å². The van der Waals surface area contributed by atoms with Gasteiger partial charge in [-0.2, -0.15) is 0 Å². The third-order valence-corrected chi connectivity index (χ3v) is 14.0. The van der Waals surface area contributed by atoms with E-state index < -0.39 is 42.2 Å². The standard InChI is InChI=1S/C57H70ClN5O11/c1-7-27-72-55(69)60-44(18-11-13-25-59-54(68)74-57(4,5)6)48(64)30-37-21-23-38(24-22-37)35-73-56(70)63-46-32-49(36(3)29-43(46)52(66)61-26-15-19-45(61)53(63)67)71-28-14-12-20-50(65)62-34-40(33-58)51-42-17-10-9-16-41(42)39(8-2)31-47(51)62/h7,9-10,16-17,21-24,29,31-32,40,44-45,53,67H,1,8,11-15,18-20,25-28,30,33-35H2,2-6H3,(H,59,68)(H,60,69)/t40-,44+,45+,53?/m1/s1. The van der Waals surface area contributed by atoms with Crippen LogP contribution in [0.3, 0.4) is 0 Å². The number of hydrogen-bond acceptors (Lipinski definition) is 11. The zero-order valence-electron chi connectivity index (χ0n) is 43.2. The summed E-state index contributed by atoms with van der Waals surface area (Å²) in [6.07, 6.45) is 2.70. The topological polar surface area (TPSA) is 193 Å². The fourth-order valence-electron chi connectivity index (χ4n) is 10.0. The van der Waals surface area contributed by atoms with Gasteiger partial charge >= 0.3 is 18.3 Å². The molecule has 1 unspecified atom stereocenters. The van der Waals surface area contributed by atoms with E-state index in [4.69, 9.17) is 30.5 Å². The van der Waals surface area contributed by atoms with Gasteiger partial charge < -0.3 is 44.5 Å². The molecular weight excluding hydrogens is 966 g/mol. The molecule has 7 rings (SSSR count). The average molecular weight is 1040 g/mol. The molecule has 3 N–H and O–H groups in total. The van der Waals surface area contributed by atoms with Crippen LogP contribution in [0.4, 0.5) is 25.8 Å². The molecule has 4 aromatic carbocycles. The predicted molar refractivity (Wildman–Crippen MR) is 284 cm³/mol. The Morgan fingerprint density at radius 1 is 0.932 bits per heavy atom. The monoisotopic (exact) mass is 1040 g/mol. The lowest BCUT2D eigenvalue weighted by Crippen LogP contribution is -2.50. The van der Waals surface area contributed by atoms with E-state index in [2.05, 4.69) is 42.3 Å². The molecule has 4 atom stereocenters. The maximum Gasteiger partial charge on any atom is 0.416 e. The molecule has 74 heavy (non-hydrogen) atoms. The summed E-state index contributed by atoms with van der Waals surface area (Å²) >= 11 is 6.48. The summed E-state index contributed by atoms with van der Waals surface area (Å²) in [7, 11) is 0. The average Bonchev–Trinajstić information content (AvgIpc) is 4.01. The molecule has 3 aliphatic heterocycles. The van der Waals surface area contributed by atoms with Crippen molar-refractivity contribution in [3.05, 3.63) is 113 Å². The molecule has 1 saturated heterocycles. The quantitative estimate of drug-likeness (QED) is 0.0311. The lowest BCUT2D eigenvalue weighted by molar-refractivity contribution is -0.120. The zero-order valence-corrected chi connectivity index (χ0v) is 44.0. The van der Waals surface area contributed by atoms with Gasteiger partial charge in [-0.1, -0.05) is 68.1 Å². The number of alkyl carbamates (subject to hydrolysis) is 2. The van der Waals surface area contributed by atoms with Crippen molar-refractivity contribution in [1.29, 1.82) is 0 Å². The summed E-state index contributed by atoms with van der Waals surface area (Å²) in [5, 5.41) is 19.5. The molecule has 3 heterocycles. The van der Waals surface area contributed by atoms with Crippen molar-refractivity contribution < 1.29 is 52.8 Å². The van der Waals surface area contributed by atoms with Gasteiger partial charge in [-0.25, -0.2) is 19.3 Å². The highest BCUT2D eigenvalue weighted by Crippen LogP contribution is 2.44. The highest BCUT2D eigenvalue weighted by atomic mass is 35.5.